The predicted octanol–water partition coefficient (Wildman–Crippen LogP) is 5.99. The fourth-order valence-electron chi connectivity index (χ4n) is 10.8. The number of benzene rings is 3. The summed E-state index contributed by atoms with van der Waals surface area (Å²) in [5, 5.41) is 25.7. The van der Waals surface area contributed by atoms with Crippen LogP contribution in [0.2, 0.25) is 0 Å². The summed E-state index contributed by atoms with van der Waals surface area (Å²) in [7, 11) is 0. The number of ether oxygens (including phenoxy) is 3. The number of nitro benzene ring substituents is 1. The number of esters is 1. The number of nitrogens with one attached hydrogen (secondary N) is 5. The first-order valence-corrected chi connectivity index (χ1v) is 29.3. The molecule has 0 unspecified atom stereocenters. The molecule has 84 heavy (non-hydrogen) atoms. The van der Waals surface area contributed by atoms with Crippen LogP contribution in [0.15, 0.2) is 65.1 Å². The topological polar surface area (TPSA) is 317 Å². The number of alkyl carbamates (subject to hydrolysis) is 1. The first kappa shape index (κ1) is 65.7. The van der Waals surface area contributed by atoms with Gasteiger partial charge in [0.2, 0.25) is 41.4 Å². The minimum absolute atomic E-state index is 0.00635. The SMILES string of the molecule is CC[C@H](C)[C@H](NC(=O)[C@H](CC(=O)N1CCc2cc(Br)cc([N+](=O)[O-])c21)NC(=O)[C@H](CCC(=O)OC(C)(C)C)NC(=O)OCC1c2ccccc2-c2ccccc21)C(=O)N[C@H](C(=O)N[C@H](C(=O)N1CCC[C@H]1C(N)=O)C(C)C)[C@@H](C)OC(C)(C)C. The van der Waals surface area contributed by atoms with Gasteiger partial charge in [-0.15, -0.1) is 0 Å². The number of hydrogen-bond acceptors (Lipinski definition) is 14. The molecule has 0 spiro atoms. The summed E-state index contributed by atoms with van der Waals surface area (Å²) in [6.45, 7) is 18.6. The first-order chi connectivity index (χ1) is 39.4. The standard InChI is InChI=1S/C60H80BrN9O14/c1-12-33(4)49(55(76)67-50(34(5)83-59(6,7)8)56(77)65-48(32(2)3)57(78)68-26-17-22-44(68)52(62)73)66-54(75)43(30-46(71)69-27-25-35-28-36(61)29-45(51(35)69)70(80)81)63-53(74)42(23-24-47(72)84-60(9,10)11)64-58(79)82-31-41-39-20-15-13-18-37(39)38-19-14-16-21-40(38)41/h13-16,18-21,28-29,32-34,41-44,48-50H,12,17,22-27,30-31H2,1-11H3,(H2,62,73)(H,63,74)(H,64,79)(H,65,77)(H,66,75)(H,67,76)/t33-,34+,42-,43-,44-,48-,49-,50-/m0/s1. The van der Waals surface area contributed by atoms with E-state index in [1.54, 1.807) is 82.2 Å². The lowest BCUT2D eigenvalue weighted by molar-refractivity contribution is -0.384. The van der Waals surface area contributed by atoms with E-state index in [0.29, 0.717) is 22.9 Å². The summed E-state index contributed by atoms with van der Waals surface area (Å²) in [4.78, 5) is 141. The average Bonchev–Trinajstić information content (AvgIpc) is 2.43. The van der Waals surface area contributed by atoms with E-state index in [1.165, 1.54) is 11.0 Å². The van der Waals surface area contributed by atoms with Crippen molar-refractivity contribution in [1.29, 1.82) is 0 Å². The number of nitrogens with zero attached hydrogens (tertiary/aromatic N) is 3. The lowest BCUT2D eigenvalue weighted by Crippen LogP contribution is -2.63. The molecule has 24 heteroatoms. The quantitative estimate of drug-likeness (QED) is 0.0341. The van der Waals surface area contributed by atoms with Gasteiger partial charge in [-0.25, -0.2) is 4.79 Å². The van der Waals surface area contributed by atoms with Crippen molar-refractivity contribution in [1.82, 2.24) is 31.5 Å². The molecule has 0 radical (unpaired) electrons. The van der Waals surface area contributed by atoms with Gasteiger partial charge in [0.05, 0.1) is 23.0 Å². The zero-order valence-corrected chi connectivity index (χ0v) is 51.2. The third-order valence-corrected chi connectivity index (χ3v) is 15.5. The van der Waals surface area contributed by atoms with E-state index in [9.17, 15) is 48.5 Å². The highest BCUT2D eigenvalue weighted by Gasteiger charge is 2.43. The van der Waals surface area contributed by atoms with E-state index in [0.717, 1.165) is 27.2 Å². The van der Waals surface area contributed by atoms with Crippen molar-refractivity contribution in [2.45, 2.75) is 181 Å². The number of nitro groups is 1. The molecule has 0 aromatic heterocycles. The average molecular weight is 1230 g/mol. The second-order valence-corrected chi connectivity index (χ2v) is 24.9. The largest absolute Gasteiger partial charge is 0.460 e. The Labute approximate surface area is 498 Å². The van der Waals surface area contributed by atoms with Crippen LogP contribution in [0.1, 0.15) is 137 Å². The zero-order valence-electron chi connectivity index (χ0n) is 49.6. The Morgan fingerprint density at radius 3 is 1.92 bits per heavy atom. The number of hydrogen-bond donors (Lipinski definition) is 6. The fourth-order valence-corrected chi connectivity index (χ4v) is 11.3. The Morgan fingerprint density at radius 1 is 0.762 bits per heavy atom. The molecule has 1 saturated heterocycles. The maximum Gasteiger partial charge on any atom is 0.407 e. The van der Waals surface area contributed by atoms with Crippen LogP contribution in [0.3, 0.4) is 0 Å². The van der Waals surface area contributed by atoms with Crippen LogP contribution in [-0.2, 0) is 59.0 Å². The Bertz CT molecular complexity index is 2950. The van der Waals surface area contributed by atoms with E-state index < -0.39 is 142 Å². The van der Waals surface area contributed by atoms with Crippen LogP contribution < -0.4 is 37.2 Å². The number of nitrogens with two attached hydrogens (primary N) is 1. The summed E-state index contributed by atoms with van der Waals surface area (Å²) in [6, 6.07) is 9.76. The molecular formula is C60H80BrN9O14. The Kier molecular flexibility index (Phi) is 21.9. The normalized spacial score (nSPS) is 17.2. The molecule has 6 rings (SSSR count). The van der Waals surface area contributed by atoms with Crippen molar-refractivity contribution in [3.8, 4) is 11.1 Å². The second kappa shape index (κ2) is 27.9. The monoisotopic (exact) mass is 1230 g/mol. The molecule has 0 saturated carbocycles. The van der Waals surface area contributed by atoms with Crippen LogP contribution in [0.25, 0.3) is 11.1 Å². The molecule has 8 atom stereocenters. The van der Waals surface area contributed by atoms with Gasteiger partial charge in [-0.1, -0.05) is 98.6 Å². The highest BCUT2D eigenvalue weighted by Crippen LogP contribution is 2.45. The maximum absolute atomic E-state index is 15.0. The molecular weight excluding hydrogens is 1150 g/mol. The van der Waals surface area contributed by atoms with Gasteiger partial charge in [0.25, 0.3) is 5.69 Å². The van der Waals surface area contributed by atoms with Crippen molar-refractivity contribution in [3.63, 3.8) is 0 Å². The molecule has 2 aliphatic heterocycles. The number of primary amides is 1. The van der Waals surface area contributed by atoms with Gasteiger partial charge in [-0.3, -0.25) is 48.5 Å². The van der Waals surface area contributed by atoms with E-state index >= 15 is 4.79 Å². The van der Waals surface area contributed by atoms with Crippen molar-refractivity contribution in [3.05, 3.63) is 91.9 Å². The first-order valence-electron chi connectivity index (χ1n) is 28.5. The highest BCUT2D eigenvalue weighted by molar-refractivity contribution is 9.10. The second-order valence-electron chi connectivity index (χ2n) is 24.0. The van der Waals surface area contributed by atoms with Crippen LogP contribution in [-0.4, -0.2) is 136 Å². The number of likely N-dealkylation sites (tertiary alicyclic amines) is 1. The lowest BCUT2D eigenvalue weighted by Gasteiger charge is -2.35. The minimum Gasteiger partial charge on any atom is -0.460 e. The van der Waals surface area contributed by atoms with Crippen LogP contribution in [0.5, 0.6) is 0 Å². The van der Waals surface area contributed by atoms with E-state index in [-0.39, 0.29) is 50.6 Å². The van der Waals surface area contributed by atoms with E-state index in [1.807, 2.05) is 48.5 Å². The van der Waals surface area contributed by atoms with Gasteiger partial charge in [0.1, 0.15) is 54.1 Å². The van der Waals surface area contributed by atoms with Gasteiger partial charge >= 0.3 is 12.1 Å². The Hall–Kier alpha value is -7.47. The van der Waals surface area contributed by atoms with Crippen molar-refractivity contribution in [2.75, 3.05) is 24.6 Å². The van der Waals surface area contributed by atoms with Crippen molar-refractivity contribution in [2.24, 2.45) is 17.6 Å². The fraction of sp³-hybridized carbons (Fsp3) is 0.550. The molecule has 3 aromatic rings. The highest BCUT2D eigenvalue weighted by atomic mass is 79.9. The maximum atomic E-state index is 15.0. The predicted molar refractivity (Wildman–Crippen MR) is 315 cm³/mol. The number of anilines is 1. The number of rotatable bonds is 24. The summed E-state index contributed by atoms with van der Waals surface area (Å²) in [5.41, 5.74) is 7.72. The molecule has 456 valence electrons. The summed E-state index contributed by atoms with van der Waals surface area (Å²) in [5.74, 6) is -8.15. The number of carbonyl (C=O) groups excluding carboxylic acids is 9. The molecule has 3 aliphatic rings. The van der Waals surface area contributed by atoms with Crippen molar-refractivity contribution >= 4 is 80.7 Å². The van der Waals surface area contributed by atoms with Gasteiger partial charge in [0, 0.05) is 36.0 Å². The summed E-state index contributed by atoms with van der Waals surface area (Å²) >= 11 is 3.30. The van der Waals surface area contributed by atoms with Gasteiger partial charge < -0.3 is 56.3 Å². The van der Waals surface area contributed by atoms with Gasteiger partial charge in [0.15, 0.2) is 0 Å². The van der Waals surface area contributed by atoms with Crippen LogP contribution in [0.4, 0.5) is 16.2 Å². The summed E-state index contributed by atoms with van der Waals surface area (Å²) < 4.78 is 17.9. The third-order valence-electron chi connectivity index (χ3n) is 15.0. The molecule has 1 aliphatic carbocycles. The minimum atomic E-state index is -1.86. The third kappa shape index (κ3) is 16.7. The molecule has 2 heterocycles. The van der Waals surface area contributed by atoms with Crippen LogP contribution in [0, 0.1) is 22.0 Å². The van der Waals surface area contributed by atoms with E-state index in [4.69, 9.17) is 19.9 Å². The number of amides is 8. The smallest absolute Gasteiger partial charge is 0.407 e. The summed E-state index contributed by atoms with van der Waals surface area (Å²) in [6.07, 6.45) is -2.36. The van der Waals surface area contributed by atoms with Gasteiger partial charge in [-0.2, -0.15) is 0 Å². The molecule has 0 bridgehead atoms. The number of carbonyl (C=O) groups is 9. The van der Waals surface area contributed by atoms with Crippen molar-refractivity contribution < 1.29 is 62.3 Å². The molecule has 8 amide bonds. The van der Waals surface area contributed by atoms with Crippen LogP contribution >= 0.6 is 15.9 Å². The molecule has 7 N–H and O–H groups in total. The Balaban J connectivity index is 1.31. The Morgan fingerprint density at radius 2 is 1.35 bits per heavy atom. The molecule has 23 nitrogen and oxygen atoms in total. The number of halogens is 1. The van der Waals surface area contributed by atoms with Gasteiger partial charge in [-0.05, 0) is 120 Å². The molecule has 1 fully saturated rings. The number of fused-ring (bicyclic) bond motifs is 4. The lowest BCUT2D eigenvalue weighted by atomic mass is 9.96. The molecule has 3 aromatic carbocycles. The zero-order chi connectivity index (χ0) is 62.1. The van der Waals surface area contributed by atoms with E-state index in [2.05, 4.69) is 42.5 Å².